The first-order chi connectivity index (χ1) is 15.5. The number of aromatic nitrogens is 1. The quantitative estimate of drug-likeness (QED) is 0.505. The molecule has 1 aliphatic rings. The van der Waals surface area contributed by atoms with Crippen LogP contribution in [0, 0.1) is 12.7 Å². The van der Waals surface area contributed by atoms with Crippen molar-refractivity contribution in [1.82, 2.24) is 10.3 Å². The molecule has 3 N–H and O–H groups in total. The van der Waals surface area contributed by atoms with Gasteiger partial charge in [-0.05, 0) is 55.7 Å². The number of aryl methyl sites for hydroxylation is 1. The fraction of sp³-hybridized carbons (Fsp3) is 0.154. The Morgan fingerprint density at radius 3 is 2.88 bits per heavy atom. The second-order valence-corrected chi connectivity index (χ2v) is 7.77. The molecule has 0 aliphatic heterocycles. The van der Waals surface area contributed by atoms with Gasteiger partial charge in [-0.1, -0.05) is 48.1 Å². The van der Waals surface area contributed by atoms with Gasteiger partial charge in [-0.25, -0.2) is 4.39 Å². The van der Waals surface area contributed by atoms with E-state index in [9.17, 15) is 14.0 Å². The molecule has 1 atom stereocenters. The van der Waals surface area contributed by atoms with Crippen molar-refractivity contribution >= 4 is 28.4 Å². The van der Waals surface area contributed by atoms with Crippen LogP contribution in [0.4, 0.5) is 10.1 Å². The van der Waals surface area contributed by atoms with Gasteiger partial charge in [-0.15, -0.1) is 0 Å². The van der Waals surface area contributed by atoms with Gasteiger partial charge >= 0.3 is 0 Å². The number of hydrogen-bond acceptors (Lipinski definition) is 2. The molecular weight excluding hydrogens is 405 g/mol. The molecule has 1 aromatic heterocycles. The largest absolute Gasteiger partial charge is 0.361 e. The van der Waals surface area contributed by atoms with E-state index in [0.29, 0.717) is 24.1 Å². The smallest absolute Gasteiger partial charge is 0.252 e. The van der Waals surface area contributed by atoms with Crippen LogP contribution in [-0.4, -0.2) is 22.8 Å². The van der Waals surface area contributed by atoms with Crippen LogP contribution < -0.4 is 10.6 Å². The van der Waals surface area contributed by atoms with Crippen LogP contribution in [0.1, 0.15) is 28.8 Å². The zero-order valence-corrected chi connectivity index (χ0v) is 17.7. The number of aromatic amines is 1. The van der Waals surface area contributed by atoms with E-state index in [-0.39, 0.29) is 5.91 Å². The summed E-state index contributed by atoms with van der Waals surface area (Å²) in [6.07, 6.45) is 12.5. The predicted molar refractivity (Wildman–Crippen MR) is 125 cm³/mol. The molecule has 0 radical (unpaired) electrons. The lowest BCUT2D eigenvalue weighted by molar-refractivity contribution is -0.118. The summed E-state index contributed by atoms with van der Waals surface area (Å²) in [6, 6.07) is 10.6. The van der Waals surface area contributed by atoms with Gasteiger partial charge < -0.3 is 15.6 Å². The van der Waals surface area contributed by atoms with Crippen LogP contribution in [-0.2, 0) is 4.79 Å². The van der Waals surface area contributed by atoms with Crippen molar-refractivity contribution in [2.45, 2.75) is 25.8 Å². The summed E-state index contributed by atoms with van der Waals surface area (Å²) in [5, 5.41) is 6.45. The zero-order chi connectivity index (χ0) is 22.5. The lowest BCUT2D eigenvalue weighted by Gasteiger charge is -2.20. The minimum Gasteiger partial charge on any atom is -0.361 e. The highest BCUT2D eigenvalue weighted by Gasteiger charge is 2.24. The Balaban J connectivity index is 1.60. The molecule has 1 unspecified atom stereocenters. The van der Waals surface area contributed by atoms with Crippen LogP contribution in [0.25, 0.3) is 10.9 Å². The second kappa shape index (κ2) is 9.47. The van der Waals surface area contributed by atoms with Crippen LogP contribution >= 0.6 is 0 Å². The van der Waals surface area contributed by atoms with E-state index in [1.54, 1.807) is 31.3 Å². The molecule has 3 aromatic rings. The average molecular weight is 429 g/mol. The van der Waals surface area contributed by atoms with E-state index in [0.717, 1.165) is 22.0 Å². The molecule has 0 fully saturated rings. The molecule has 0 bridgehead atoms. The first-order valence-corrected chi connectivity index (χ1v) is 10.5. The summed E-state index contributed by atoms with van der Waals surface area (Å²) >= 11 is 0. The first-order valence-electron chi connectivity index (χ1n) is 10.5. The normalized spacial score (nSPS) is 14.0. The summed E-state index contributed by atoms with van der Waals surface area (Å²) in [7, 11) is 0. The Morgan fingerprint density at radius 1 is 1.12 bits per heavy atom. The molecular formula is C26H24FN3O2. The number of rotatable bonds is 6. The van der Waals surface area contributed by atoms with Crippen molar-refractivity contribution in [3.63, 3.8) is 0 Å². The van der Waals surface area contributed by atoms with Crippen LogP contribution in [0.15, 0.2) is 84.6 Å². The summed E-state index contributed by atoms with van der Waals surface area (Å²) in [6.45, 7) is 1.79. The number of nitrogens with one attached hydrogen (secondary N) is 3. The Morgan fingerprint density at radius 2 is 2.00 bits per heavy atom. The number of benzene rings is 2. The maximum atomic E-state index is 13.7. The third-order valence-corrected chi connectivity index (χ3v) is 5.46. The van der Waals surface area contributed by atoms with Gasteiger partial charge in [0.2, 0.25) is 5.91 Å². The Bertz CT molecular complexity index is 1250. The lowest BCUT2D eigenvalue weighted by atomic mass is 10.0. The number of carbonyl (C=O) groups excluding carboxylic acids is 2. The van der Waals surface area contributed by atoms with Crippen molar-refractivity contribution in [1.29, 1.82) is 0 Å². The average Bonchev–Trinajstić information content (AvgIpc) is 3.12. The highest BCUT2D eigenvalue weighted by Crippen LogP contribution is 2.21. The van der Waals surface area contributed by atoms with Crippen molar-refractivity contribution in [3.8, 4) is 0 Å². The maximum absolute atomic E-state index is 13.7. The number of amides is 2. The fourth-order valence-corrected chi connectivity index (χ4v) is 3.71. The summed E-state index contributed by atoms with van der Waals surface area (Å²) < 4.78 is 13.7. The second-order valence-electron chi connectivity index (χ2n) is 7.77. The number of fused-ring (bicyclic) bond motifs is 1. The molecule has 32 heavy (non-hydrogen) atoms. The molecule has 2 amide bonds. The standard InChI is InChI=1S/C26H24FN3O2/c1-17-11-12-19(27)16-23(17)29-26(32)24(15-18-7-4-2-3-5-8-18)30-25(31)21-9-6-10-22-20(21)13-14-28-22/h2-7,9-14,16,24,28H,8,15H2,1H3,(H,29,32)(H,30,31). The van der Waals surface area contributed by atoms with Crippen molar-refractivity contribution in [2.24, 2.45) is 0 Å². The SMILES string of the molecule is Cc1ccc(F)cc1NC(=O)C(CC1=CC=CC=CC1)NC(=O)c1cccc2[nH]ccc12. The highest BCUT2D eigenvalue weighted by molar-refractivity contribution is 6.08. The molecule has 162 valence electrons. The van der Waals surface area contributed by atoms with E-state index in [2.05, 4.69) is 15.6 Å². The molecule has 0 saturated heterocycles. The van der Waals surface area contributed by atoms with Gasteiger partial charge in [0, 0.05) is 28.4 Å². The highest BCUT2D eigenvalue weighted by atomic mass is 19.1. The Labute approximate surface area is 185 Å². The zero-order valence-electron chi connectivity index (χ0n) is 17.7. The topological polar surface area (TPSA) is 74.0 Å². The fourth-order valence-electron chi connectivity index (χ4n) is 3.71. The van der Waals surface area contributed by atoms with Gasteiger partial charge in [0.15, 0.2) is 0 Å². The molecule has 5 nitrogen and oxygen atoms in total. The maximum Gasteiger partial charge on any atom is 0.252 e. The van der Waals surface area contributed by atoms with Crippen LogP contribution in [0.3, 0.4) is 0 Å². The van der Waals surface area contributed by atoms with E-state index in [1.807, 2.05) is 42.5 Å². The summed E-state index contributed by atoms with van der Waals surface area (Å²) in [5.41, 5.74) is 3.46. The van der Waals surface area contributed by atoms with Crippen molar-refractivity contribution < 1.29 is 14.0 Å². The predicted octanol–water partition coefficient (Wildman–Crippen LogP) is 5.19. The molecule has 0 spiro atoms. The first kappa shape index (κ1) is 21.3. The Hall–Kier alpha value is -3.93. The van der Waals surface area contributed by atoms with Crippen LogP contribution in [0.2, 0.25) is 0 Å². The summed E-state index contributed by atoms with van der Waals surface area (Å²) in [5.74, 6) is -1.18. The molecule has 4 rings (SSSR count). The van der Waals surface area contributed by atoms with Gasteiger partial charge in [0.25, 0.3) is 5.91 Å². The number of hydrogen-bond donors (Lipinski definition) is 3. The minimum absolute atomic E-state index is 0.337. The summed E-state index contributed by atoms with van der Waals surface area (Å²) in [4.78, 5) is 29.4. The van der Waals surface area contributed by atoms with Crippen LogP contribution in [0.5, 0.6) is 0 Å². The third-order valence-electron chi connectivity index (χ3n) is 5.46. The molecule has 0 saturated carbocycles. The van der Waals surface area contributed by atoms with Gasteiger partial charge in [-0.3, -0.25) is 9.59 Å². The molecule has 1 heterocycles. The van der Waals surface area contributed by atoms with Gasteiger partial charge in [0.1, 0.15) is 11.9 Å². The van der Waals surface area contributed by atoms with Crippen molar-refractivity contribution in [3.05, 3.63) is 102 Å². The van der Waals surface area contributed by atoms with E-state index >= 15 is 0 Å². The third kappa shape index (κ3) is 4.86. The van der Waals surface area contributed by atoms with E-state index in [1.165, 1.54) is 12.1 Å². The monoisotopic (exact) mass is 429 g/mol. The number of anilines is 1. The number of carbonyl (C=O) groups is 2. The lowest BCUT2D eigenvalue weighted by Crippen LogP contribution is -2.44. The molecule has 1 aliphatic carbocycles. The number of allylic oxidation sites excluding steroid dienone is 5. The van der Waals surface area contributed by atoms with Gasteiger partial charge in [-0.2, -0.15) is 0 Å². The van der Waals surface area contributed by atoms with E-state index in [4.69, 9.17) is 0 Å². The Kier molecular flexibility index (Phi) is 6.31. The van der Waals surface area contributed by atoms with Crippen molar-refractivity contribution in [2.75, 3.05) is 5.32 Å². The number of H-pyrrole nitrogens is 1. The number of halogens is 1. The minimum atomic E-state index is -0.828. The molecule has 2 aromatic carbocycles. The molecule has 6 heteroatoms. The van der Waals surface area contributed by atoms with E-state index < -0.39 is 17.8 Å². The van der Waals surface area contributed by atoms with Gasteiger partial charge in [0.05, 0.1) is 0 Å².